The maximum absolute atomic E-state index is 10.6. The summed E-state index contributed by atoms with van der Waals surface area (Å²) in [6.07, 6.45) is 0. The lowest BCUT2D eigenvalue weighted by atomic mass is 9.85. The number of rotatable bonds is 6. The first-order valence-electron chi connectivity index (χ1n) is 17.5. The Hall–Kier alpha value is -7.11. The van der Waals surface area contributed by atoms with Gasteiger partial charge in [-0.25, -0.2) is 0 Å². The van der Waals surface area contributed by atoms with Crippen LogP contribution < -0.4 is 14.7 Å². The van der Waals surface area contributed by atoms with Crippen molar-refractivity contribution >= 4 is 51.9 Å². The fourth-order valence-corrected chi connectivity index (χ4v) is 10.3. The van der Waals surface area contributed by atoms with Gasteiger partial charge < -0.3 is 0 Å². The van der Waals surface area contributed by atoms with Gasteiger partial charge in [0.2, 0.25) is 17.8 Å². The molecule has 0 N–H and O–H groups in total. The third-order valence-electron chi connectivity index (χ3n) is 10.5. The maximum Gasteiger partial charge on any atom is 0.240 e. The summed E-state index contributed by atoms with van der Waals surface area (Å²) < 4.78 is 0. The molecule has 0 atom stereocenters. The molecule has 7 rings (SSSR count). The van der Waals surface area contributed by atoms with Crippen LogP contribution in [-0.4, -0.2) is 15.0 Å². The highest BCUT2D eigenvalue weighted by atomic mass is 32.1. The molecule has 4 aromatic heterocycles. The van der Waals surface area contributed by atoms with E-state index in [1.807, 2.05) is 52.5 Å². The van der Waals surface area contributed by atoms with Crippen LogP contribution in [0.5, 0.6) is 0 Å². The Kier molecular flexibility index (Phi) is 10.2. The molecule has 15 heteroatoms. The molecule has 0 spiro atoms. The van der Waals surface area contributed by atoms with Crippen LogP contribution in [0.3, 0.4) is 0 Å². The highest BCUT2D eigenvalue weighted by Crippen LogP contribution is 2.48. The first kappa shape index (κ1) is 38.2. The van der Waals surface area contributed by atoms with Crippen molar-refractivity contribution in [2.45, 2.75) is 59.3 Å². The van der Waals surface area contributed by atoms with Crippen molar-refractivity contribution in [3.8, 4) is 36.4 Å². The largest absolute Gasteiger partial charge is 0.285 e. The number of nitrogens with zero attached hydrogens (tertiary/aromatic N) is 12. The molecule has 12 nitrogen and oxygen atoms in total. The number of nitriles is 6. The highest BCUT2D eigenvalue weighted by molar-refractivity contribution is 7.10. The van der Waals surface area contributed by atoms with Gasteiger partial charge in [0.15, 0.2) is 0 Å². The van der Waals surface area contributed by atoms with E-state index >= 15 is 0 Å². The number of hydrogen-bond donors (Lipinski definition) is 0. The molecule has 7 heterocycles. The van der Waals surface area contributed by atoms with E-state index in [1.165, 1.54) is 34.0 Å². The number of allylic oxidation sites excluding steroid dienone is 12. The first-order valence-corrected chi connectivity index (χ1v) is 20.1. The van der Waals surface area contributed by atoms with E-state index in [-0.39, 0.29) is 17.8 Å². The minimum absolute atomic E-state index is 0.0473. The van der Waals surface area contributed by atoms with Crippen molar-refractivity contribution in [3.05, 3.63) is 135 Å². The molecule has 57 heavy (non-hydrogen) atoms. The Bertz CT molecular complexity index is 2360. The van der Waals surface area contributed by atoms with Gasteiger partial charge in [-0.15, -0.1) is 34.0 Å². The van der Waals surface area contributed by atoms with Gasteiger partial charge in [0.05, 0.1) is 87.6 Å². The van der Waals surface area contributed by atoms with Crippen LogP contribution in [0.4, 0.5) is 17.8 Å². The van der Waals surface area contributed by atoms with Gasteiger partial charge in [-0.2, -0.15) is 46.5 Å². The van der Waals surface area contributed by atoms with Gasteiger partial charge in [0.25, 0.3) is 0 Å². The summed E-state index contributed by atoms with van der Waals surface area (Å²) in [5.74, 6) is -1.64. The van der Waals surface area contributed by atoms with E-state index < -0.39 is 17.8 Å². The first-order chi connectivity index (χ1) is 27.6. The zero-order valence-corrected chi connectivity index (χ0v) is 34.0. The van der Waals surface area contributed by atoms with Gasteiger partial charge in [0.1, 0.15) is 0 Å². The number of hydrogen-bond acceptors (Lipinski definition) is 15. The van der Waals surface area contributed by atoms with Crippen LogP contribution in [0.2, 0.25) is 0 Å². The van der Waals surface area contributed by atoms with E-state index in [2.05, 4.69) is 36.4 Å². The molecule has 3 aliphatic heterocycles. The summed E-state index contributed by atoms with van der Waals surface area (Å²) in [4.78, 5) is 22.4. The summed E-state index contributed by atoms with van der Waals surface area (Å²) >= 11 is 4.35. The summed E-state index contributed by atoms with van der Waals surface area (Å²) in [6.45, 7) is 10.6. The third kappa shape index (κ3) is 6.00. The van der Waals surface area contributed by atoms with Crippen LogP contribution in [0.15, 0.2) is 120 Å². The molecule has 0 fully saturated rings. The summed E-state index contributed by atoms with van der Waals surface area (Å²) in [5.41, 5.74) is 5.01. The predicted molar refractivity (Wildman–Crippen MR) is 218 cm³/mol. The molecule has 4 aromatic rings. The van der Waals surface area contributed by atoms with Crippen molar-refractivity contribution < 1.29 is 0 Å². The molecule has 0 aliphatic carbocycles. The summed E-state index contributed by atoms with van der Waals surface area (Å²) in [6, 6.07) is 25.4. The molecular weight excluding hydrogens is 769 g/mol. The van der Waals surface area contributed by atoms with E-state index in [0.29, 0.717) is 67.6 Å². The minimum atomic E-state index is -0.594. The molecule has 0 saturated carbocycles. The number of anilines is 3. The zero-order chi connectivity index (χ0) is 40.7. The Morgan fingerprint density at radius 2 is 0.614 bits per heavy atom. The van der Waals surface area contributed by atoms with Crippen molar-refractivity contribution in [1.29, 1.82) is 31.6 Å². The van der Waals surface area contributed by atoms with Crippen molar-refractivity contribution in [2.24, 2.45) is 0 Å². The van der Waals surface area contributed by atoms with Crippen LogP contribution in [-0.2, 0) is 0 Å². The standard InChI is InChI=1S/C42H30N12S3/c1-22-28(16-43)37(34-10-7-13-55-34)29(17-44)23(2)52(22)40-49-41(53-24(3)30(18-45)38(31(19-46)25(53)4)35-11-8-14-56-35)51-42(50-40)54-26(5)32(20-47)39(33(21-48)27(54)6)36-12-9-15-57-36/h7-15,37-39H,1-6H3. The maximum atomic E-state index is 10.6. The predicted octanol–water partition coefficient (Wildman–Crippen LogP) is 9.65. The third-order valence-corrected chi connectivity index (χ3v) is 13.3. The van der Waals surface area contributed by atoms with Gasteiger partial charge in [-0.1, -0.05) is 18.2 Å². The van der Waals surface area contributed by atoms with Crippen molar-refractivity contribution in [1.82, 2.24) is 15.0 Å². The lowest BCUT2D eigenvalue weighted by molar-refractivity contribution is 0.800. The fraction of sp³-hybridized carbons (Fsp3) is 0.214. The van der Waals surface area contributed by atoms with Crippen molar-refractivity contribution in [2.75, 3.05) is 14.7 Å². The molecular formula is C42H30N12S3. The lowest BCUT2D eigenvalue weighted by Gasteiger charge is -2.37. The normalized spacial score (nSPS) is 17.2. The quantitative estimate of drug-likeness (QED) is 0.180. The van der Waals surface area contributed by atoms with Gasteiger partial charge in [0, 0.05) is 48.8 Å². The van der Waals surface area contributed by atoms with Crippen LogP contribution in [0, 0.1) is 68.0 Å². The number of thiophene rings is 3. The summed E-state index contributed by atoms with van der Waals surface area (Å²) in [5, 5.41) is 69.3. The smallest absolute Gasteiger partial charge is 0.240 e. The van der Waals surface area contributed by atoms with E-state index in [4.69, 9.17) is 15.0 Å². The van der Waals surface area contributed by atoms with Gasteiger partial charge in [-0.3, -0.25) is 14.7 Å². The Balaban J connectivity index is 1.53. The fourth-order valence-electron chi connectivity index (χ4n) is 7.80. The minimum Gasteiger partial charge on any atom is -0.285 e. The SMILES string of the molecule is CC1=C(C#N)C(c2cccs2)C(C#N)=C(C)N1c1nc(N2C(C)=C(C#N)C(c3cccs3)C(C#N)=C2C)nc(N2C(C)=C(C#N)C(c3cccs3)C(C#N)=C2C)n1. The Labute approximate surface area is 342 Å². The molecule has 0 unspecified atom stereocenters. The average Bonchev–Trinajstić information content (AvgIpc) is 4.03. The molecule has 0 bridgehead atoms. The average molecular weight is 799 g/mol. The molecule has 0 saturated heterocycles. The summed E-state index contributed by atoms with van der Waals surface area (Å²) in [7, 11) is 0. The highest BCUT2D eigenvalue weighted by Gasteiger charge is 2.40. The van der Waals surface area contributed by atoms with Crippen molar-refractivity contribution in [3.63, 3.8) is 0 Å². The second-order valence-electron chi connectivity index (χ2n) is 13.3. The Morgan fingerprint density at radius 3 is 0.772 bits per heavy atom. The van der Waals surface area contributed by atoms with Crippen LogP contribution >= 0.6 is 34.0 Å². The second kappa shape index (κ2) is 15.2. The van der Waals surface area contributed by atoms with E-state index in [1.54, 1.807) is 56.2 Å². The van der Waals surface area contributed by atoms with E-state index in [0.717, 1.165) is 14.6 Å². The Morgan fingerprint density at radius 1 is 0.404 bits per heavy atom. The van der Waals surface area contributed by atoms with E-state index in [9.17, 15) is 31.6 Å². The molecule has 0 amide bonds. The monoisotopic (exact) mass is 798 g/mol. The topological polar surface area (TPSA) is 191 Å². The molecule has 0 radical (unpaired) electrons. The zero-order valence-electron chi connectivity index (χ0n) is 31.5. The lowest BCUT2D eigenvalue weighted by Crippen LogP contribution is -2.35. The van der Waals surface area contributed by atoms with Crippen LogP contribution in [0.1, 0.15) is 73.9 Å². The number of aromatic nitrogens is 3. The molecule has 276 valence electrons. The van der Waals surface area contributed by atoms with Gasteiger partial charge >= 0.3 is 0 Å². The van der Waals surface area contributed by atoms with Gasteiger partial charge in [-0.05, 0) is 75.9 Å². The van der Waals surface area contributed by atoms with Crippen LogP contribution in [0.25, 0.3) is 0 Å². The molecule has 3 aliphatic rings. The molecule has 0 aromatic carbocycles. The second-order valence-corrected chi connectivity index (χ2v) is 16.2.